The van der Waals surface area contributed by atoms with Gasteiger partial charge in [-0.15, -0.1) is 0 Å². The van der Waals surface area contributed by atoms with Gasteiger partial charge < -0.3 is 10.2 Å². The van der Waals surface area contributed by atoms with Gasteiger partial charge in [0.2, 0.25) is 10.0 Å². The maximum Gasteiger partial charge on any atom is 0.255 e. The van der Waals surface area contributed by atoms with Crippen molar-refractivity contribution < 1.29 is 13.2 Å². The van der Waals surface area contributed by atoms with Crippen LogP contribution in [0, 0.1) is 5.92 Å². The zero-order valence-corrected chi connectivity index (χ0v) is 19.8. The van der Waals surface area contributed by atoms with Crippen LogP contribution in [0.1, 0.15) is 35.7 Å². The van der Waals surface area contributed by atoms with Gasteiger partial charge in [0.15, 0.2) is 0 Å². The third kappa shape index (κ3) is 6.07. The predicted octanol–water partition coefficient (Wildman–Crippen LogP) is 4.12. The minimum absolute atomic E-state index is 0.0186. The average Bonchev–Trinajstić information content (AvgIpc) is 2.73. The van der Waals surface area contributed by atoms with Crippen LogP contribution in [0.25, 0.3) is 0 Å². The highest BCUT2D eigenvalue weighted by molar-refractivity contribution is 7.89. The van der Waals surface area contributed by atoms with E-state index in [0.717, 1.165) is 25.8 Å². The van der Waals surface area contributed by atoms with Crippen molar-refractivity contribution in [3.63, 3.8) is 0 Å². The van der Waals surface area contributed by atoms with Crippen molar-refractivity contribution in [2.75, 3.05) is 39.0 Å². The molecule has 168 valence electrons. The fourth-order valence-corrected chi connectivity index (χ4v) is 5.76. The summed E-state index contributed by atoms with van der Waals surface area (Å²) >= 11 is 6.23. The fraction of sp³-hybridized carbons (Fsp3) is 0.435. The van der Waals surface area contributed by atoms with E-state index >= 15 is 0 Å². The maximum absolute atomic E-state index is 13.1. The summed E-state index contributed by atoms with van der Waals surface area (Å²) in [5.74, 6) is -0.0735. The second kappa shape index (κ2) is 10.1. The zero-order valence-electron chi connectivity index (χ0n) is 18.3. The Kier molecular flexibility index (Phi) is 7.75. The van der Waals surface area contributed by atoms with Gasteiger partial charge in [0.25, 0.3) is 5.91 Å². The molecule has 1 fully saturated rings. The van der Waals surface area contributed by atoms with Crippen molar-refractivity contribution >= 4 is 33.2 Å². The van der Waals surface area contributed by atoms with Gasteiger partial charge >= 0.3 is 0 Å². The van der Waals surface area contributed by atoms with Crippen molar-refractivity contribution in [2.24, 2.45) is 5.92 Å². The monoisotopic (exact) mass is 463 g/mol. The number of benzene rings is 2. The van der Waals surface area contributed by atoms with Gasteiger partial charge in [-0.05, 0) is 75.2 Å². The second-order valence-electron chi connectivity index (χ2n) is 8.46. The number of hydrogen-bond acceptors (Lipinski definition) is 4. The summed E-state index contributed by atoms with van der Waals surface area (Å²) in [4.78, 5) is 14.9. The molecule has 1 aliphatic heterocycles. The topological polar surface area (TPSA) is 69.7 Å². The summed E-state index contributed by atoms with van der Waals surface area (Å²) in [5.41, 5.74) is 2.09. The first kappa shape index (κ1) is 23.7. The summed E-state index contributed by atoms with van der Waals surface area (Å²) in [6, 6.07) is 12.1. The van der Waals surface area contributed by atoms with Crippen LogP contribution in [0.15, 0.2) is 47.4 Å². The molecule has 0 saturated carbocycles. The van der Waals surface area contributed by atoms with Gasteiger partial charge in [-0.3, -0.25) is 4.79 Å². The van der Waals surface area contributed by atoms with Gasteiger partial charge in [0, 0.05) is 30.9 Å². The number of anilines is 1. The predicted molar refractivity (Wildman–Crippen MR) is 125 cm³/mol. The molecule has 2 aromatic rings. The van der Waals surface area contributed by atoms with E-state index in [9.17, 15) is 13.2 Å². The first-order valence-corrected chi connectivity index (χ1v) is 12.3. The highest BCUT2D eigenvalue weighted by Crippen LogP contribution is 2.29. The van der Waals surface area contributed by atoms with Crippen LogP contribution in [0.2, 0.25) is 5.02 Å². The third-order valence-electron chi connectivity index (χ3n) is 5.49. The van der Waals surface area contributed by atoms with Crippen LogP contribution < -0.4 is 5.32 Å². The van der Waals surface area contributed by atoms with Gasteiger partial charge in [-0.1, -0.05) is 30.7 Å². The Morgan fingerprint density at radius 3 is 2.55 bits per heavy atom. The number of halogens is 1. The van der Waals surface area contributed by atoms with Gasteiger partial charge in [-0.2, -0.15) is 4.31 Å². The molecule has 0 spiro atoms. The van der Waals surface area contributed by atoms with E-state index in [1.165, 1.54) is 22.0 Å². The Bertz CT molecular complexity index is 1020. The molecule has 6 nitrogen and oxygen atoms in total. The van der Waals surface area contributed by atoms with Gasteiger partial charge in [0.1, 0.15) is 4.90 Å². The highest BCUT2D eigenvalue weighted by atomic mass is 35.5. The van der Waals surface area contributed by atoms with Crippen LogP contribution in [-0.4, -0.2) is 57.3 Å². The first-order chi connectivity index (χ1) is 14.7. The summed E-state index contributed by atoms with van der Waals surface area (Å²) < 4.78 is 27.7. The molecule has 2 aromatic carbocycles. The van der Waals surface area contributed by atoms with E-state index in [1.807, 2.05) is 45.3 Å². The van der Waals surface area contributed by atoms with Crippen LogP contribution >= 0.6 is 11.6 Å². The zero-order chi connectivity index (χ0) is 22.6. The minimum atomic E-state index is -3.76. The number of rotatable bonds is 7. The van der Waals surface area contributed by atoms with E-state index < -0.39 is 10.0 Å². The molecule has 1 heterocycles. The van der Waals surface area contributed by atoms with E-state index in [1.54, 1.807) is 6.07 Å². The first-order valence-electron chi connectivity index (χ1n) is 10.5. The summed E-state index contributed by atoms with van der Waals surface area (Å²) in [6.45, 7) is 3.93. The Labute approximate surface area is 190 Å². The molecular formula is C23H30ClN3O3S. The molecule has 1 unspecified atom stereocenters. The lowest BCUT2D eigenvalue weighted by Crippen LogP contribution is -2.39. The number of nitrogens with zero attached hydrogens (tertiary/aromatic N) is 2. The number of carbonyl (C=O) groups excluding carboxylic acids is 1. The molecule has 0 aromatic heterocycles. The standard InChI is InChI=1S/C23H30ClN3O3S/c1-17-5-4-13-27(16-17)31(29,30)22-15-19(8-11-21(22)24)23(28)25-20-9-6-18(7-10-20)12-14-26(2)3/h6-11,15,17H,4-5,12-14,16H2,1-3H3,(H,25,28). The van der Waals surface area contributed by atoms with E-state index in [4.69, 9.17) is 11.6 Å². The van der Waals surface area contributed by atoms with Crippen molar-refractivity contribution in [3.05, 3.63) is 58.6 Å². The molecule has 1 amide bonds. The van der Waals surface area contributed by atoms with Crippen LogP contribution in [-0.2, 0) is 16.4 Å². The second-order valence-corrected chi connectivity index (χ2v) is 10.8. The molecule has 31 heavy (non-hydrogen) atoms. The Balaban J connectivity index is 1.75. The Morgan fingerprint density at radius 2 is 1.90 bits per heavy atom. The quantitative estimate of drug-likeness (QED) is 0.670. The van der Waals surface area contributed by atoms with Crippen molar-refractivity contribution in [1.29, 1.82) is 0 Å². The fourth-order valence-electron chi connectivity index (χ4n) is 3.66. The highest BCUT2D eigenvalue weighted by Gasteiger charge is 2.30. The largest absolute Gasteiger partial charge is 0.322 e. The molecule has 8 heteroatoms. The van der Waals surface area contributed by atoms with Crippen LogP contribution in [0.3, 0.4) is 0 Å². The van der Waals surface area contributed by atoms with Crippen molar-refractivity contribution in [1.82, 2.24) is 9.21 Å². The molecule has 0 aliphatic carbocycles. The van der Waals surface area contributed by atoms with Crippen molar-refractivity contribution in [2.45, 2.75) is 31.1 Å². The molecule has 3 rings (SSSR count). The average molecular weight is 464 g/mol. The van der Waals surface area contributed by atoms with Crippen molar-refractivity contribution in [3.8, 4) is 0 Å². The maximum atomic E-state index is 13.1. The lowest BCUT2D eigenvalue weighted by Gasteiger charge is -2.30. The summed E-state index contributed by atoms with van der Waals surface area (Å²) in [7, 11) is 0.301. The smallest absolute Gasteiger partial charge is 0.255 e. The summed E-state index contributed by atoms with van der Waals surface area (Å²) in [6.07, 6.45) is 2.76. The number of piperidine rings is 1. The minimum Gasteiger partial charge on any atom is -0.322 e. The normalized spacial score (nSPS) is 17.6. The van der Waals surface area contributed by atoms with Gasteiger partial charge in [-0.25, -0.2) is 8.42 Å². The van der Waals surface area contributed by atoms with Gasteiger partial charge in [0.05, 0.1) is 5.02 Å². The van der Waals surface area contributed by atoms with Crippen LogP contribution in [0.5, 0.6) is 0 Å². The number of amides is 1. The number of sulfonamides is 1. The Morgan fingerprint density at radius 1 is 1.19 bits per heavy atom. The van der Waals surface area contributed by atoms with E-state index in [0.29, 0.717) is 24.7 Å². The molecular weight excluding hydrogens is 434 g/mol. The molecule has 0 bridgehead atoms. The summed E-state index contributed by atoms with van der Waals surface area (Å²) in [5, 5.41) is 2.96. The third-order valence-corrected chi connectivity index (χ3v) is 7.84. The number of likely N-dealkylation sites (N-methyl/N-ethyl adjacent to an activating group) is 1. The molecule has 0 radical (unpaired) electrons. The lowest BCUT2D eigenvalue weighted by atomic mass is 10.0. The van der Waals surface area contributed by atoms with Crippen LogP contribution in [0.4, 0.5) is 5.69 Å². The lowest BCUT2D eigenvalue weighted by molar-refractivity contribution is 0.102. The molecule has 1 saturated heterocycles. The van der Waals surface area contributed by atoms with E-state index in [2.05, 4.69) is 10.2 Å². The molecule has 1 atom stereocenters. The Hall–Kier alpha value is -1.93. The molecule has 1 aliphatic rings. The van der Waals surface area contributed by atoms with E-state index in [-0.39, 0.29) is 21.4 Å². The number of carbonyl (C=O) groups is 1. The number of hydrogen-bond donors (Lipinski definition) is 1. The number of nitrogens with one attached hydrogen (secondary N) is 1. The molecule has 1 N–H and O–H groups in total. The SMILES string of the molecule is CC1CCCN(S(=O)(=O)c2cc(C(=O)Nc3ccc(CCN(C)C)cc3)ccc2Cl)C1.